The van der Waals surface area contributed by atoms with E-state index in [-0.39, 0.29) is 48.9 Å². The number of nitrogens with one attached hydrogen (secondary N) is 3. The first kappa shape index (κ1) is 59.2. The zero-order valence-electron chi connectivity index (χ0n) is 36.2. The van der Waals surface area contributed by atoms with E-state index in [1.54, 1.807) is 11.8 Å². The summed E-state index contributed by atoms with van der Waals surface area (Å²) in [7, 11) is 0. The van der Waals surface area contributed by atoms with E-state index in [0.717, 1.165) is 32.2 Å². The molecule has 2 aliphatic carbocycles. The van der Waals surface area contributed by atoms with Crippen molar-refractivity contribution < 1.29 is 32.8 Å². The van der Waals surface area contributed by atoms with Crippen molar-refractivity contribution in [3.05, 3.63) is 12.7 Å². The molecule has 2 saturated carbocycles. The van der Waals surface area contributed by atoms with E-state index in [4.69, 9.17) is 5.73 Å². The maximum absolute atomic E-state index is 13.1. The molecule has 55 heavy (non-hydrogen) atoms. The van der Waals surface area contributed by atoms with Gasteiger partial charge in [-0.05, 0) is 50.4 Å². The molecule has 326 valence electrons. The molecule has 0 bridgehead atoms. The van der Waals surface area contributed by atoms with E-state index in [9.17, 15) is 32.8 Å². The number of nitrogens with zero attached hydrogens (tertiary/aromatic N) is 1. The third-order valence-corrected chi connectivity index (χ3v) is 10.2. The topological polar surface area (TPSA) is 151 Å². The molecule has 13 heteroatoms. The Hall–Kier alpha value is -2.54. The van der Waals surface area contributed by atoms with Crippen molar-refractivity contribution in [2.24, 2.45) is 17.1 Å². The van der Waals surface area contributed by atoms with Crippen LogP contribution in [0.4, 0.5) is 8.78 Å². The number of alkyl halides is 2. The zero-order valence-corrected chi connectivity index (χ0v) is 37.0. The first-order chi connectivity index (χ1) is 25.1. The number of rotatable bonds is 13. The molecule has 3 rings (SSSR count). The van der Waals surface area contributed by atoms with Crippen molar-refractivity contribution in [2.45, 2.75) is 196 Å². The van der Waals surface area contributed by atoms with E-state index in [1.165, 1.54) is 12.5 Å². The van der Waals surface area contributed by atoms with Crippen molar-refractivity contribution in [2.75, 3.05) is 18.8 Å². The molecule has 0 aromatic heterocycles. The lowest BCUT2D eigenvalue weighted by molar-refractivity contribution is -0.139. The fourth-order valence-corrected chi connectivity index (χ4v) is 6.23. The van der Waals surface area contributed by atoms with Crippen LogP contribution in [0.3, 0.4) is 0 Å². The van der Waals surface area contributed by atoms with Gasteiger partial charge in [-0.3, -0.25) is 24.0 Å². The highest BCUT2D eigenvalue weighted by Crippen LogP contribution is 2.41. The van der Waals surface area contributed by atoms with Crippen molar-refractivity contribution in [1.29, 1.82) is 0 Å². The van der Waals surface area contributed by atoms with Crippen molar-refractivity contribution in [3.8, 4) is 0 Å². The quantitative estimate of drug-likeness (QED) is 0.0829. The number of amides is 4. The fraction of sp³-hybridized carbons (Fsp3) is 0.833. The molecule has 0 radical (unpaired) electrons. The maximum Gasteiger partial charge on any atom is 0.289 e. The number of thioether (sulfide) groups is 1. The number of ketones is 1. The SMILES string of the molecule is C.C=CCNC(=O)C(=O)C(CC1CC1)NC=O.CC.CC.CC(C)(C)SCC1(NC=O)CCC(F)(F)CC1.CC1CCCN1C(=O)C(N)C(C)(C)C.CCC. The molecule has 10 nitrogen and oxygen atoms in total. The fourth-order valence-electron chi connectivity index (χ4n) is 5.14. The van der Waals surface area contributed by atoms with Gasteiger partial charge < -0.3 is 26.6 Å². The molecule has 5 N–H and O–H groups in total. The first-order valence-electron chi connectivity index (χ1n) is 20.0. The van der Waals surface area contributed by atoms with Crippen LogP contribution in [0.1, 0.15) is 162 Å². The summed E-state index contributed by atoms with van der Waals surface area (Å²) in [5.74, 6) is -2.52. The Morgan fingerprint density at radius 3 is 1.82 bits per heavy atom. The molecule has 3 aliphatic rings. The minimum Gasteiger partial charge on any atom is -0.352 e. The normalized spacial score (nSPS) is 18.8. The number of hydrogen-bond donors (Lipinski definition) is 4. The molecule has 4 amide bonds. The number of likely N-dealkylation sites (tertiary alicyclic amines) is 1. The van der Waals surface area contributed by atoms with Gasteiger partial charge in [-0.2, -0.15) is 11.8 Å². The van der Waals surface area contributed by atoms with Crippen LogP contribution in [0.2, 0.25) is 0 Å². The highest BCUT2D eigenvalue weighted by Gasteiger charge is 2.43. The van der Waals surface area contributed by atoms with Gasteiger partial charge in [0.15, 0.2) is 0 Å². The average molecular weight is 808 g/mol. The van der Waals surface area contributed by atoms with E-state index in [1.807, 2.05) is 53.4 Å². The van der Waals surface area contributed by atoms with Crippen LogP contribution in [0.5, 0.6) is 0 Å². The second kappa shape index (κ2) is 30.6. The smallest absolute Gasteiger partial charge is 0.289 e. The number of hydrogen-bond acceptors (Lipinski definition) is 7. The van der Waals surface area contributed by atoms with Crippen LogP contribution >= 0.6 is 11.8 Å². The van der Waals surface area contributed by atoms with Gasteiger partial charge >= 0.3 is 0 Å². The van der Waals surface area contributed by atoms with Gasteiger partial charge in [-0.15, -0.1) is 6.58 Å². The third-order valence-electron chi connectivity index (χ3n) is 8.60. The van der Waals surface area contributed by atoms with Crippen LogP contribution in [-0.4, -0.2) is 88.5 Å². The molecule has 0 spiro atoms. The second-order valence-electron chi connectivity index (χ2n) is 15.8. The summed E-state index contributed by atoms with van der Waals surface area (Å²) in [6, 6.07) is -0.686. The van der Waals surface area contributed by atoms with Crippen molar-refractivity contribution in [1.82, 2.24) is 20.9 Å². The second-order valence-corrected chi connectivity index (χ2v) is 17.6. The van der Waals surface area contributed by atoms with E-state index < -0.39 is 29.2 Å². The summed E-state index contributed by atoms with van der Waals surface area (Å²) in [6.45, 7) is 31.2. The predicted octanol–water partition coefficient (Wildman–Crippen LogP) is 8.46. The van der Waals surface area contributed by atoms with E-state index in [0.29, 0.717) is 49.8 Å². The van der Waals surface area contributed by atoms with E-state index in [2.05, 4.69) is 64.1 Å². The van der Waals surface area contributed by atoms with Gasteiger partial charge in [-0.25, -0.2) is 8.78 Å². The lowest BCUT2D eigenvalue weighted by atomic mass is 9.81. The molecule has 3 fully saturated rings. The summed E-state index contributed by atoms with van der Waals surface area (Å²) in [6.07, 6.45) is 9.25. The molecule has 3 unspecified atom stereocenters. The van der Waals surface area contributed by atoms with Crippen molar-refractivity contribution in [3.63, 3.8) is 0 Å². The van der Waals surface area contributed by atoms with Gasteiger partial charge in [0.1, 0.15) is 0 Å². The Morgan fingerprint density at radius 2 is 1.45 bits per heavy atom. The maximum atomic E-state index is 13.1. The summed E-state index contributed by atoms with van der Waals surface area (Å²) in [5.41, 5.74) is 5.36. The number of nitrogens with two attached hydrogens (primary N) is 1. The lowest BCUT2D eigenvalue weighted by Gasteiger charge is -2.40. The Morgan fingerprint density at radius 1 is 0.945 bits per heavy atom. The number of carbonyl (C=O) groups is 5. The Kier molecular flexibility index (Phi) is 32.9. The van der Waals surface area contributed by atoms with Crippen LogP contribution in [0.25, 0.3) is 0 Å². The standard InChI is InChI=1S/C12H21F2NOS.C11H16N2O3.C11H22N2O.C3H8.2C2H6.CH4/c1-10(2,3)17-8-11(15-9-16)4-6-12(13,14)7-5-11;1-2-5-12-11(16)10(15)9(13-7-14)6-8-3-4-8;1-8-6-5-7-13(8)10(14)9(12)11(2,3)4;1-3-2;2*1-2;/h9H,4-8H2,1-3H3,(H,15,16);2,7-9H,1,3-6H2,(H,12,16)(H,13,14);8-9H,5-7,12H2,1-4H3;3H2,1-2H3;2*1-2H3;1H4. The van der Waals surface area contributed by atoms with Crippen LogP contribution in [-0.2, 0) is 24.0 Å². The monoisotopic (exact) mass is 808 g/mol. The third kappa shape index (κ3) is 26.9. The average Bonchev–Trinajstić information content (AvgIpc) is 3.84. The number of carbonyl (C=O) groups excluding carboxylic acids is 5. The molecule has 1 saturated heterocycles. The number of Topliss-reactive ketones (excluding diaryl/α,β-unsaturated/α-hetero) is 1. The Balaban J connectivity index is -0.000000325. The van der Waals surface area contributed by atoms with Gasteiger partial charge in [0.2, 0.25) is 30.4 Å². The van der Waals surface area contributed by atoms with Gasteiger partial charge in [0.25, 0.3) is 5.91 Å². The van der Waals surface area contributed by atoms with Gasteiger partial charge in [0, 0.05) is 48.0 Å². The largest absolute Gasteiger partial charge is 0.352 e. The number of halogens is 2. The summed E-state index contributed by atoms with van der Waals surface area (Å²) >= 11 is 1.71. The lowest BCUT2D eigenvalue weighted by Crippen LogP contribution is -2.52. The molecule has 0 aromatic carbocycles. The summed E-state index contributed by atoms with van der Waals surface area (Å²) in [5, 5.41) is 7.57. The van der Waals surface area contributed by atoms with Crippen LogP contribution in [0.15, 0.2) is 12.7 Å². The minimum absolute atomic E-state index is 0. The Labute approximate surface area is 339 Å². The molecular formula is C42H83F2N5O5S. The first-order valence-corrected chi connectivity index (χ1v) is 21.0. The molecule has 1 aliphatic heterocycles. The molecule has 3 atom stereocenters. The Bertz CT molecular complexity index is 1060. The van der Waals surface area contributed by atoms with E-state index >= 15 is 0 Å². The minimum atomic E-state index is -2.56. The van der Waals surface area contributed by atoms with Gasteiger partial charge in [0.05, 0.1) is 12.1 Å². The van der Waals surface area contributed by atoms with Crippen LogP contribution in [0, 0.1) is 11.3 Å². The molecule has 0 aromatic rings. The highest BCUT2D eigenvalue weighted by atomic mass is 32.2. The summed E-state index contributed by atoms with van der Waals surface area (Å²) < 4.78 is 26.4. The molecular weight excluding hydrogens is 725 g/mol. The summed E-state index contributed by atoms with van der Waals surface area (Å²) in [4.78, 5) is 57.9. The van der Waals surface area contributed by atoms with Crippen LogP contribution < -0.4 is 21.7 Å². The van der Waals surface area contributed by atoms with Gasteiger partial charge in [-0.1, -0.05) is 116 Å². The highest BCUT2D eigenvalue weighted by molar-refractivity contribution is 8.00. The zero-order chi connectivity index (χ0) is 42.8. The molecule has 1 heterocycles. The van der Waals surface area contributed by atoms with Crippen molar-refractivity contribution >= 4 is 42.2 Å². The predicted molar refractivity (Wildman–Crippen MR) is 229 cm³/mol.